The van der Waals surface area contributed by atoms with Gasteiger partial charge in [0.2, 0.25) is 0 Å². The van der Waals surface area contributed by atoms with Crippen molar-refractivity contribution in [1.29, 1.82) is 5.26 Å². The first-order chi connectivity index (χ1) is 7.86. The lowest BCUT2D eigenvalue weighted by molar-refractivity contribution is -0.159. The maximum Gasteiger partial charge on any atom is 0.339 e. The standard InChI is InChI=1S/C11H10FNO4/c1-11(16,10(14)15)6-17-9-3-2-7(5-13)4-8(9)12/h2-4,16H,6H2,1H3,(H,14,15). The molecule has 1 aromatic rings. The Morgan fingerprint density at radius 3 is 2.76 bits per heavy atom. The number of ether oxygens (including phenoxy) is 1. The number of benzene rings is 1. The number of aliphatic carboxylic acids is 1. The number of aliphatic hydroxyl groups is 1. The lowest BCUT2D eigenvalue weighted by atomic mass is 10.1. The molecular weight excluding hydrogens is 229 g/mol. The lowest BCUT2D eigenvalue weighted by Crippen LogP contribution is -2.41. The molecule has 6 heteroatoms. The van der Waals surface area contributed by atoms with E-state index in [9.17, 15) is 14.3 Å². The summed E-state index contributed by atoms with van der Waals surface area (Å²) in [5, 5.41) is 26.5. The smallest absolute Gasteiger partial charge is 0.339 e. The molecule has 0 radical (unpaired) electrons. The fraction of sp³-hybridized carbons (Fsp3) is 0.273. The molecule has 17 heavy (non-hydrogen) atoms. The Morgan fingerprint density at radius 1 is 1.65 bits per heavy atom. The minimum Gasteiger partial charge on any atom is -0.487 e. The van der Waals surface area contributed by atoms with Gasteiger partial charge in [0.15, 0.2) is 17.2 Å². The number of rotatable bonds is 4. The number of carboxylic acid groups (broad SMARTS) is 1. The molecule has 2 N–H and O–H groups in total. The quantitative estimate of drug-likeness (QED) is 0.815. The molecule has 1 rings (SSSR count). The first-order valence-corrected chi connectivity index (χ1v) is 4.65. The van der Waals surface area contributed by atoms with Gasteiger partial charge in [-0.2, -0.15) is 5.26 Å². The first kappa shape index (κ1) is 12.9. The molecule has 0 aliphatic heterocycles. The van der Waals surface area contributed by atoms with Crippen LogP contribution in [0.3, 0.4) is 0 Å². The van der Waals surface area contributed by atoms with Crippen LogP contribution in [-0.4, -0.2) is 28.4 Å². The van der Waals surface area contributed by atoms with E-state index in [0.717, 1.165) is 13.0 Å². The van der Waals surface area contributed by atoms with E-state index in [1.807, 2.05) is 0 Å². The fourth-order valence-corrected chi connectivity index (χ4v) is 0.967. The van der Waals surface area contributed by atoms with Gasteiger partial charge in [-0.25, -0.2) is 9.18 Å². The van der Waals surface area contributed by atoms with Gasteiger partial charge in [-0.05, 0) is 25.1 Å². The van der Waals surface area contributed by atoms with E-state index < -0.39 is 24.0 Å². The van der Waals surface area contributed by atoms with Crippen molar-refractivity contribution in [2.24, 2.45) is 0 Å². The predicted octanol–water partition coefficient (Wildman–Crippen LogP) is 0.912. The Labute approximate surface area is 96.7 Å². The van der Waals surface area contributed by atoms with Crippen LogP contribution < -0.4 is 4.74 Å². The molecule has 0 fully saturated rings. The van der Waals surface area contributed by atoms with Crippen LogP contribution in [0.15, 0.2) is 18.2 Å². The van der Waals surface area contributed by atoms with Gasteiger partial charge in [0.25, 0.3) is 0 Å². The molecule has 0 amide bonds. The van der Waals surface area contributed by atoms with Gasteiger partial charge >= 0.3 is 5.97 Å². The molecule has 0 aliphatic carbocycles. The van der Waals surface area contributed by atoms with Crippen LogP contribution in [0.4, 0.5) is 4.39 Å². The van der Waals surface area contributed by atoms with Crippen molar-refractivity contribution in [2.75, 3.05) is 6.61 Å². The third-order valence-corrected chi connectivity index (χ3v) is 2.03. The van der Waals surface area contributed by atoms with Crippen molar-refractivity contribution in [3.8, 4) is 11.8 Å². The number of hydrogen-bond donors (Lipinski definition) is 2. The van der Waals surface area contributed by atoms with E-state index in [2.05, 4.69) is 0 Å². The summed E-state index contributed by atoms with van der Waals surface area (Å²) >= 11 is 0. The first-order valence-electron chi connectivity index (χ1n) is 4.65. The second kappa shape index (κ2) is 4.80. The highest BCUT2D eigenvalue weighted by atomic mass is 19.1. The van der Waals surface area contributed by atoms with Crippen molar-refractivity contribution in [2.45, 2.75) is 12.5 Å². The van der Waals surface area contributed by atoms with Crippen molar-refractivity contribution >= 4 is 5.97 Å². The van der Waals surface area contributed by atoms with Crippen molar-refractivity contribution in [1.82, 2.24) is 0 Å². The van der Waals surface area contributed by atoms with E-state index >= 15 is 0 Å². The zero-order chi connectivity index (χ0) is 13.1. The van der Waals surface area contributed by atoms with Crippen LogP contribution in [-0.2, 0) is 4.79 Å². The normalized spacial score (nSPS) is 13.5. The highest BCUT2D eigenvalue weighted by Gasteiger charge is 2.31. The number of nitrogens with zero attached hydrogens (tertiary/aromatic N) is 1. The fourth-order valence-electron chi connectivity index (χ4n) is 0.967. The topological polar surface area (TPSA) is 90.5 Å². The highest BCUT2D eigenvalue weighted by molar-refractivity contribution is 5.76. The average molecular weight is 239 g/mol. The van der Waals surface area contributed by atoms with Gasteiger partial charge in [0, 0.05) is 0 Å². The number of carbonyl (C=O) groups is 1. The van der Waals surface area contributed by atoms with Crippen LogP contribution in [0.5, 0.6) is 5.75 Å². The molecule has 5 nitrogen and oxygen atoms in total. The van der Waals surface area contributed by atoms with E-state index in [1.54, 1.807) is 6.07 Å². The molecule has 1 atom stereocenters. The zero-order valence-electron chi connectivity index (χ0n) is 8.98. The molecule has 1 aromatic carbocycles. The molecule has 0 heterocycles. The van der Waals surface area contributed by atoms with Gasteiger partial charge in [-0.15, -0.1) is 0 Å². The van der Waals surface area contributed by atoms with E-state index in [0.29, 0.717) is 0 Å². The predicted molar refractivity (Wildman–Crippen MR) is 54.9 cm³/mol. The van der Waals surface area contributed by atoms with Crippen LogP contribution >= 0.6 is 0 Å². The van der Waals surface area contributed by atoms with Crippen LogP contribution in [0.25, 0.3) is 0 Å². The Balaban J connectivity index is 2.78. The summed E-state index contributed by atoms with van der Waals surface area (Å²) in [6, 6.07) is 5.24. The third kappa shape index (κ3) is 3.16. The molecule has 0 saturated carbocycles. The maximum absolute atomic E-state index is 13.3. The molecule has 0 bridgehead atoms. The molecule has 90 valence electrons. The summed E-state index contributed by atoms with van der Waals surface area (Å²) in [6.45, 7) is 0.446. The Hall–Kier alpha value is -2.13. The summed E-state index contributed by atoms with van der Waals surface area (Å²) < 4.78 is 18.2. The summed E-state index contributed by atoms with van der Waals surface area (Å²) in [6.07, 6.45) is 0. The second-order valence-corrected chi connectivity index (χ2v) is 3.62. The van der Waals surface area contributed by atoms with Gasteiger partial charge in [0.05, 0.1) is 11.6 Å². The zero-order valence-corrected chi connectivity index (χ0v) is 8.98. The Morgan fingerprint density at radius 2 is 2.29 bits per heavy atom. The molecule has 0 aliphatic rings. The number of halogens is 1. The van der Waals surface area contributed by atoms with Crippen LogP contribution in [0.2, 0.25) is 0 Å². The average Bonchev–Trinajstić information content (AvgIpc) is 2.27. The molecule has 1 unspecified atom stereocenters. The minimum atomic E-state index is -2.10. The van der Waals surface area contributed by atoms with Gasteiger partial charge < -0.3 is 14.9 Å². The monoisotopic (exact) mass is 239 g/mol. The SMILES string of the molecule is CC(O)(COc1ccc(C#N)cc1F)C(=O)O. The van der Waals surface area contributed by atoms with Crippen LogP contribution in [0.1, 0.15) is 12.5 Å². The summed E-state index contributed by atoms with van der Waals surface area (Å²) in [4.78, 5) is 10.6. The van der Waals surface area contributed by atoms with Gasteiger partial charge in [-0.1, -0.05) is 0 Å². The second-order valence-electron chi connectivity index (χ2n) is 3.62. The largest absolute Gasteiger partial charge is 0.487 e. The Bertz CT molecular complexity index is 479. The maximum atomic E-state index is 13.3. The van der Waals surface area contributed by atoms with Crippen molar-refractivity contribution in [3.05, 3.63) is 29.6 Å². The van der Waals surface area contributed by atoms with Gasteiger partial charge in [0.1, 0.15) is 6.61 Å². The number of hydrogen-bond acceptors (Lipinski definition) is 4. The lowest BCUT2D eigenvalue weighted by Gasteiger charge is -2.18. The Kier molecular flexibility index (Phi) is 3.66. The van der Waals surface area contributed by atoms with Gasteiger partial charge in [-0.3, -0.25) is 0 Å². The number of nitriles is 1. The third-order valence-electron chi connectivity index (χ3n) is 2.03. The molecule has 0 spiro atoms. The van der Waals surface area contributed by atoms with E-state index in [4.69, 9.17) is 15.1 Å². The van der Waals surface area contributed by atoms with Crippen molar-refractivity contribution < 1.29 is 24.1 Å². The molecule has 0 aromatic heterocycles. The van der Waals surface area contributed by atoms with Crippen LogP contribution in [0, 0.1) is 17.1 Å². The summed E-state index contributed by atoms with van der Waals surface area (Å²) in [5.74, 6) is -2.47. The summed E-state index contributed by atoms with van der Waals surface area (Å²) in [7, 11) is 0. The van der Waals surface area contributed by atoms with Crippen molar-refractivity contribution in [3.63, 3.8) is 0 Å². The van der Waals surface area contributed by atoms with E-state index in [1.165, 1.54) is 12.1 Å². The summed E-state index contributed by atoms with van der Waals surface area (Å²) in [5.41, 5.74) is -1.97. The highest BCUT2D eigenvalue weighted by Crippen LogP contribution is 2.19. The number of carboxylic acids is 1. The molecular formula is C11H10FNO4. The molecule has 0 saturated heterocycles. The van der Waals surface area contributed by atoms with E-state index in [-0.39, 0.29) is 11.3 Å². The minimum absolute atomic E-state index is 0.125.